The molecule has 2 N–H and O–H groups in total. The summed E-state index contributed by atoms with van der Waals surface area (Å²) < 4.78 is 0. The highest BCUT2D eigenvalue weighted by Gasteiger charge is 2.34. The maximum absolute atomic E-state index is 13.7. The Morgan fingerprint density at radius 1 is 0.781 bits per heavy atom. The molecule has 0 aliphatic carbocycles. The third-order valence-corrected chi connectivity index (χ3v) is 5.05. The number of amides is 2. The standard InChI is InChI=1S/C24H30N6O2/c1-3-5-17-28(18-6-4-2)24(32)23-27-29(19-13-9-7-10-14-19)22(21(25)31)26-30(23)20-15-11-8-12-16-20/h7-16H,3-6,17-18H2,1-2H3,(H2,25,31). The van der Waals surface area contributed by atoms with Gasteiger partial charge in [0.15, 0.2) is 0 Å². The first-order valence-electron chi connectivity index (χ1n) is 11.0. The van der Waals surface area contributed by atoms with Crippen LogP contribution in [-0.4, -0.2) is 41.5 Å². The Morgan fingerprint density at radius 3 is 1.66 bits per heavy atom. The van der Waals surface area contributed by atoms with E-state index < -0.39 is 5.91 Å². The minimum Gasteiger partial charge on any atom is -0.363 e. The Balaban J connectivity index is 2.08. The molecule has 8 nitrogen and oxygen atoms in total. The smallest absolute Gasteiger partial charge is 0.293 e. The number of para-hydroxylation sites is 2. The molecule has 1 aliphatic heterocycles. The molecular weight excluding hydrogens is 404 g/mol. The van der Waals surface area contributed by atoms with Gasteiger partial charge in [-0.1, -0.05) is 63.1 Å². The maximum Gasteiger partial charge on any atom is 0.293 e. The van der Waals surface area contributed by atoms with Crippen LogP contribution >= 0.6 is 0 Å². The number of benzene rings is 2. The van der Waals surface area contributed by atoms with E-state index >= 15 is 0 Å². The number of rotatable bonds is 10. The molecule has 32 heavy (non-hydrogen) atoms. The first-order chi connectivity index (χ1) is 15.6. The number of carbonyl (C=O) groups excluding carboxylic acids is 2. The molecule has 0 saturated carbocycles. The highest BCUT2D eigenvalue weighted by molar-refractivity contribution is 6.48. The fraction of sp³-hybridized carbons (Fsp3) is 0.333. The van der Waals surface area contributed by atoms with Crippen molar-refractivity contribution in [2.75, 3.05) is 23.1 Å². The number of hydrogen-bond acceptors (Lipinski definition) is 6. The van der Waals surface area contributed by atoms with Gasteiger partial charge < -0.3 is 10.6 Å². The zero-order valence-electron chi connectivity index (χ0n) is 18.6. The van der Waals surface area contributed by atoms with E-state index in [0.29, 0.717) is 24.5 Å². The normalized spacial score (nSPS) is 13.4. The van der Waals surface area contributed by atoms with Crippen molar-refractivity contribution in [1.82, 2.24) is 4.90 Å². The van der Waals surface area contributed by atoms with Gasteiger partial charge in [-0.2, -0.15) is 0 Å². The molecule has 0 fully saturated rings. The van der Waals surface area contributed by atoms with Crippen molar-refractivity contribution < 1.29 is 9.59 Å². The lowest BCUT2D eigenvalue weighted by atomic mass is 10.2. The predicted molar refractivity (Wildman–Crippen MR) is 128 cm³/mol. The Hall–Kier alpha value is -3.68. The van der Waals surface area contributed by atoms with Crippen molar-refractivity contribution in [3.63, 3.8) is 0 Å². The Morgan fingerprint density at radius 2 is 1.22 bits per heavy atom. The van der Waals surface area contributed by atoms with E-state index in [0.717, 1.165) is 25.7 Å². The second kappa shape index (κ2) is 11.1. The van der Waals surface area contributed by atoms with Gasteiger partial charge in [-0.15, -0.1) is 10.2 Å². The van der Waals surface area contributed by atoms with E-state index in [1.54, 1.807) is 12.1 Å². The second-order valence-electron chi connectivity index (χ2n) is 7.51. The first-order valence-corrected chi connectivity index (χ1v) is 11.0. The summed E-state index contributed by atoms with van der Waals surface area (Å²) in [6.07, 6.45) is 3.74. The van der Waals surface area contributed by atoms with Crippen LogP contribution in [-0.2, 0) is 9.59 Å². The summed E-state index contributed by atoms with van der Waals surface area (Å²) in [6, 6.07) is 18.2. The van der Waals surface area contributed by atoms with Crippen LogP contribution in [0.15, 0.2) is 70.9 Å². The van der Waals surface area contributed by atoms with Crippen molar-refractivity contribution >= 4 is 34.9 Å². The number of nitrogens with two attached hydrogens (primary N) is 1. The van der Waals surface area contributed by atoms with Gasteiger partial charge in [-0.25, -0.2) is 10.0 Å². The third-order valence-electron chi connectivity index (χ3n) is 5.05. The van der Waals surface area contributed by atoms with Gasteiger partial charge in [0.1, 0.15) is 0 Å². The van der Waals surface area contributed by atoms with Gasteiger partial charge in [0.05, 0.1) is 11.4 Å². The van der Waals surface area contributed by atoms with Gasteiger partial charge in [-0.3, -0.25) is 9.59 Å². The first kappa shape index (κ1) is 23.0. The molecule has 168 valence electrons. The van der Waals surface area contributed by atoms with E-state index in [9.17, 15) is 9.59 Å². The molecule has 0 atom stereocenters. The van der Waals surface area contributed by atoms with Gasteiger partial charge in [-0.05, 0) is 37.1 Å². The maximum atomic E-state index is 13.7. The Bertz CT molecular complexity index is 966. The molecule has 0 spiro atoms. The molecule has 0 aromatic heterocycles. The van der Waals surface area contributed by atoms with Crippen LogP contribution in [0, 0.1) is 0 Å². The second-order valence-corrected chi connectivity index (χ2v) is 7.51. The monoisotopic (exact) mass is 434 g/mol. The molecule has 3 rings (SSSR count). The molecule has 1 aliphatic rings. The van der Waals surface area contributed by atoms with Crippen LogP contribution in [0.25, 0.3) is 0 Å². The van der Waals surface area contributed by atoms with Gasteiger partial charge in [0.25, 0.3) is 11.8 Å². The summed E-state index contributed by atoms with van der Waals surface area (Å²) in [5, 5.41) is 11.8. The summed E-state index contributed by atoms with van der Waals surface area (Å²) in [5.41, 5.74) is 6.86. The van der Waals surface area contributed by atoms with E-state index in [4.69, 9.17) is 5.73 Å². The number of nitrogens with zero attached hydrogens (tertiary/aromatic N) is 5. The quantitative estimate of drug-likeness (QED) is 0.619. The molecule has 8 heteroatoms. The fourth-order valence-electron chi connectivity index (χ4n) is 3.31. The van der Waals surface area contributed by atoms with E-state index in [-0.39, 0.29) is 17.6 Å². The summed E-state index contributed by atoms with van der Waals surface area (Å²) in [5.74, 6) is -0.912. The average molecular weight is 435 g/mol. The van der Waals surface area contributed by atoms with Crippen molar-refractivity contribution in [1.29, 1.82) is 0 Å². The number of hydrazone groups is 2. The third kappa shape index (κ3) is 5.32. The average Bonchev–Trinajstić information content (AvgIpc) is 2.84. The summed E-state index contributed by atoms with van der Waals surface area (Å²) in [7, 11) is 0. The lowest BCUT2D eigenvalue weighted by Crippen LogP contribution is -2.51. The highest BCUT2D eigenvalue weighted by Crippen LogP contribution is 2.24. The zero-order chi connectivity index (χ0) is 22.9. The topological polar surface area (TPSA) is 94.6 Å². The zero-order valence-corrected chi connectivity index (χ0v) is 18.6. The largest absolute Gasteiger partial charge is 0.363 e. The highest BCUT2D eigenvalue weighted by atomic mass is 16.2. The van der Waals surface area contributed by atoms with Crippen LogP contribution in [0.5, 0.6) is 0 Å². The molecule has 0 bridgehead atoms. The van der Waals surface area contributed by atoms with Crippen LogP contribution in [0.3, 0.4) is 0 Å². The minimum atomic E-state index is -0.737. The predicted octanol–water partition coefficient (Wildman–Crippen LogP) is 3.55. The van der Waals surface area contributed by atoms with E-state index in [1.165, 1.54) is 10.0 Å². The summed E-state index contributed by atoms with van der Waals surface area (Å²) in [4.78, 5) is 27.8. The number of unbranched alkanes of at least 4 members (excludes halogenated alkanes) is 2. The van der Waals surface area contributed by atoms with E-state index in [2.05, 4.69) is 24.1 Å². The number of hydrogen-bond donors (Lipinski definition) is 1. The summed E-state index contributed by atoms with van der Waals surface area (Å²) in [6.45, 7) is 5.46. The van der Waals surface area contributed by atoms with Crippen LogP contribution in [0.4, 0.5) is 11.4 Å². The van der Waals surface area contributed by atoms with Crippen molar-refractivity contribution in [3.8, 4) is 0 Å². The molecule has 2 aromatic rings. The molecule has 0 unspecified atom stereocenters. The lowest BCUT2D eigenvalue weighted by Gasteiger charge is -2.32. The Kier molecular flexibility index (Phi) is 7.96. The van der Waals surface area contributed by atoms with Gasteiger partial charge >= 0.3 is 0 Å². The van der Waals surface area contributed by atoms with Crippen LogP contribution < -0.4 is 15.8 Å². The molecule has 0 radical (unpaired) electrons. The number of primary amides is 1. The van der Waals surface area contributed by atoms with Gasteiger partial charge in [0, 0.05) is 13.1 Å². The molecule has 0 saturated heterocycles. The Labute approximate surface area is 189 Å². The molecule has 2 amide bonds. The number of amidine groups is 2. The number of anilines is 2. The minimum absolute atomic E-state index is 0.0646. The molecular formula is C24H30N6O2. The van der Waals surface area contributed by atoms with Gasteiger partial charge in [0.2, 0.25) is 11.7 Å². The van der Waals surface area contributed by atoms with Crippen molar-refractivity contribution in [2.24, 2.45) is 15.9 Å². The van der Waals surface area contributed by atoms with Crippen LogP contribution in [0.2, 0.25) is 0 Å². The SMILES string of the molecule is CCCCN(CCCC)C(=O)C1=NN(c2ccccc2)C(C(N)=O)=NN1c1ccccc1. The van der Waals surface area contributed by atoms with E-state index in [1.807, 2.05) is 53.4 Å². The number of carbonyl (C=O) groups is 2. The van der Waals surface area contributed by atoms with Crippen molar-refractivity contribution in [3.05, 3.63) is 60.7 Å². The van der Waals surface area contributed by atoms with Crippen LogP contribution in [0.1, 0.15) is 39.5 Å². The van der Waals surface area contributed by atoms with Crippen molar-refractivity contribution in [2.45, 2.75) is 39.5 Å². The summed E-state index contributed by atoms with van der Waals surface area (Å²) >= 11 is 0. The molecule has 1 heterocycles. The lowest BCUT2D eigenvalue weighted by molar-refractivity contribution is -0.124. The fourth-order valence-corrected chi connectivity index (χ4v) is 3.31. The molecule has 2 aromatic carbocycles.